The van der Waals surface area contributed by atoms with Crippen molar-refractivity contribution in [2.75, 3.05) is 12.8 Å². The van der Waals surface area contributed by atoms with Gasteiger partial charge in [-0.1, -0.05) is 12.1 Å². The Kier molecular flexibility index (Phi) is 2.59. The third-order valence-electron chi connectivity index (χ3n) is 2.21. The van der Waals surface area contributed by atoms with Gasteiger partial charge in [-0.3, -0.25) is 0 Å². The molecule has 0 atom stereocenters. The first-order valence-corrected chi connectivity index (χ1v) is 4.67. The highest BCUT2D eigenvalue weighted by atomic mass is 16.5. The third-order valence-corrected chi connectivity index (χ3v) is 2.21. The molecular weight excluding hydrogens is 206 g/mol. The van der Waals surface area contributed by atoms with Crippen LogP contribution in [0.25, 0.3) is 11.1 Å². The Labute approximate surface area is 92.5 Å². The summed E-state index contributed by atoms with van der Waals surface area (Å²) in [7, 11) is 1.48. The van der Waals surface area contributed by atoms with Gasteiger partial charge < -0.3 is 15.6 Å². The van der Waals surface area contributed by atoms with Gasteiger partial charge in [-0.15, -0.1) is 5.10 Å². The van der Waals surface area contributed by atoms with Gasteiger partial charge in [0.25, 0.3) is 5.88 Å². The van der Waals surface area contributed by atoms with E-state index in [-0.39, 0.29) is 11.6 Å². The lowest BCUT2D eigenvalue weighted by Crippen LogP contribution is -1.99. The van der Waals surface area contributed by atoms with E-state index < -0.39 is 0 Å². The van der Waals surface area contributed by atoms with Gasteiger partial charge in [0.1, 0.15) is 11.4 Å². The van der Waals surface area contributed by atoms with Gasteiger partial charge in [0.05, 0.1) is 13.3 Å². The number of benzene rings is 1. The molecule has 1 aromatic heterocycles. The number of aromatic nitrogens is 2. The molecule has 0 aliphatic rings. The zero-order chi connectivity index (χ0) is 11.5. The van der Waals surface area contributed by atoms with Crippen LogP contribution in [0.2, 0.25) is 0 Å². The summed E-state index contributed by atoms with van der Waals surface area (Å²) in [6, 6.07) is 6.75. The summed E-state index contributed by atoms with van der Waals surface area (Å²) in [6.07, 6.45) is 1.53. The molecule has 5 heteroatoms. The van der Waals surface area contributed by atoms with Crippen molar-refractivity contribution in [2.45, 2.75) is 0 Å². The molecule has 2 rings (SSSR count). The van der Waals surface area contributed by atoms with Crippen molar-refractivity contribution in [3.8, 4) is 22.8 Å². The summed E-state index contributed by atoms with van der Waals surface area (Å²) in [6.45, 7) is 0. The van der Waals surface area contributed by atoms with E-state index in [0.29, 0.717) is 11.3 Å². The Morgan fingerprint density at radius 2 is 2.19 bits per heavy atom. The van der Waals surface area contributed by atoms with Crippen LogP contribution in [0, 0.1) is 0 Å². The number of rotatable bonds is 2. The van der Waals surface area contributed by atoms with Crippen LogP contribution in [-0.4, -0.2) is 22.4 Å². The number of hydrogen-bond donors (Lipinski definition) is 2. The summed E-state index contributed by atoms with van der Waals surface area (Å²) < 4.78 is 4.98. The summed E-state index contributed by atoms with van der Waals surface area (Å²) in [5, 5.41) is 16.9. The molecule has 0 saturated heterocycles. The summed E-state index contributed by atoms with van der Waals surface area (Å²) in [4.78, 5) is 0. The fourth-order valence-corrected chi connectivity index (χ4v) is 1.43. The number of nitrogens with two attached hydrogens (primary N) is 1. The number of ether oxygens (including phenoxy) is 1. The van der Waals surface area contributed by atoms with Crippen molar-refractivity contribution >= 4 is 5.69 Å². The molecule has 82 valence electrons. The van der Waals surface area contributed by atoms with Gasteiger partial charge >= 0.3 is 0 Å². The van der Waals surface area contributed by atoms with Crippen LogP contribution < -0.4 is 10.5 Å². The highest BCUT2D eigenvalue weighted by Gasteiger charge is 2.09. The molecular formula is C11H11N3O2. The molecule has 0 spiro atoms. The number of hydrogen-bond acceptors (Lipinski definition) is 5. The number of anilines is 1. The van der Waals surface area contributed by atoms with Gasteiger partial charge in [0.2, 0.25) is 0 Å². The van der Waals surface area contributed by atoms with E-state index in [0.717, 1.165) is 5.56 Å². The molecule has 0 aliphatic carbocycles. The van der Waals surface area contributed by atoms with E-state index >= 15 is 0 Å². The molecule has 2 aromatic rings. The highest BCUT2D eigenvalue weighted by Crippen LogP contribution is 2.31. The molecule has 0 amide bonds. The predicted molar refractivity (Wildman–Crippen MR) is 60.1 cm³/mol. The Balaban J connectivity index is 2.56. The van der Waals surface area contributed by atoms with E-state index in [1.807, 2.05) is 6.07 Å². The maximum Gasteiger partial charge on any atom is 0.257 e. The molecule has 0 unspecified atom stereocenters. The van der Waals surface area contributed by atoms with Crippen LogP contribution in [0.3, 0.4) is 0 Å². The smallest absolute Gasteiger partial charge is 0.257 e. The van der Waals surface area contributed by atoms with Gasteiger partial charge in [-0.2, -0.15) is 5.10 Å². The highest BCUT2D eigenvalue weighted by molar-refractivity contribution is 5.78. The molecule has 16 heavy (non-hydrogen) atoms. The van der Waals surface area contributed by atoms with E-state index in [1.54, 1.807) is 18.2 Å². The third kappa shape index (κ3) is 1.75. The average molecular weight is 217 g/mol. The lowest BCUT2D eigenvalue weighted by atomic mass is 10.1. The predicted octanol–water partition coefficient (Wildman–Crippen LogP) is 1.44. The number of phenolic OH excluding ortho intramolecular Hbond substituents is 1. The minimum Gasteiger partial charge on any atom is -0.508 e. The van der Waals surface area contributed by atoms with Crippen molar-refractivity contribution in [1.29, 1.82) is 0 Å². The van der Waals surface area contributed by atoms with Crippen LogP contribution in [-0.2, 0) is 0 Å². The van der Waals surface area contributed by atoms with Crippen molar-refractivity contribution in [3.05, 3.63) is 30.5 Å². The molecule has 0 radical (unpaired) electrons. The van der Waals surface area contributed by atoms with Crippen LogP contribution in [0.4, 0.5) is 5.69 Å². The normalized spacial score (nSPS) is 10.1. The Bertz CT molecular complexity index is 514. The fourth-order valence-electron chi connectivity index (χ4n) is 1.43. The quantitative estimate of drug-likeness (QED) is 0.795. The molecule has 0 bridgehead atoms. The van der Waals surface area contributed by atoms with Crippen LogP contribution >= 0.6 is 0 Å². The SMILES string of the molecule is COc1nncc(-c2cccc(O)c2)c1N. The number of phenols is 1. The molecule has 0 aliphatic heterocycles. The van der Waals surface area contributed by atoms with Crippen molar-refractivity contribution in [3.63, 3.8) is 0 Å². The minimum absolute atomic E-state index is 0.174. The van der Waals surface area contributed by atoms with E-state index in [2.05, 4.69) is 10.2 Å². The molecule has 0 fully saturated rings. The van der Waals surface area contributed by atoms with Crippen LogP contribution in [0.1, 0.15) is 0 Å². The molecule has 1 heterocycles. The summed E-state index contributed by atoms with van der Waals surface area (Å²) in [5.41, 5.74) is 7.72. The standard InChI is InChI=1S/C11H11N3O2/c1-16-11-10(12)9(6-13-14-11)7-3-2-4-8(15)5-7/h2-6,15H,1H3,(H2,12,13). The monoisotopic (exact) mass is 217 g/mol. The maximum absolute atomic E-state index is 9.38. The average Bonchev–Trinajstić information content (AvgIpc) is 2.29. The van der Waals surface area contributed by atoms with Gasteiger partial charge in [0.15, 0.2) is 0 Å². The molecule has 5 nitrogen and oxygen atoms in total. The van der Waals surface area contributed by atoms with E-state index in [4.69, 9.17) is 10.5 Å². The zero-order valence-electron chi connectivity index (χ0n) is 8.71. The van der Waals surface area contributed by atoms with Crippen molar-refractivity contribution < 1.29 is 9.84 Å². The minimum atomic E-state index is 0.174. The van der Waals surface area contributed by atoms with Gasteiger partial charge in [0, 0.05) is 5.56 Å². The van der Waals surface area contributed by atoms with Gasteiger partial charge in [-0.25, -0.2) is 0 Å². The zero-order valence-corrected chi connectivity index (χ0v) is 8.71. The maximum atomic E-state index is 9.38. The summed E-state index contributed by atoms with van der Waals surface area (Å²) in [5.74, 6) is 0.452. The van der Waals surface area contributed by atoms with E-state index in [1.165, 1.54) is 13.3 Å². The van der Waals surface area contributed by atoms with Crippen molar-refractivity contribution in [2.24, 2.45) is 0 Å². The molecule has 0 saturated carbocycles. The topological polar surface area (TPSA) is 81.3 Å². The first kappa shape index (κ1) is 10.2. The molecule has 1 aromatic carbocycles. The second-order valence-corrected chi connectivity index (χ2v) is 3.23. The Morgan fingerprint density at radius 3 is 2.88 bits per heavy atom. The van der Waals surface area contributed by atoms with E-state index in [9.17, 15) is 5.11 Å². The Hall–Kier alpha value is -2.30. The van der Waals surface area contributed by atoms with Crippen LogP contribution in [0.5, 0.6) is 11.6 Å². The number of nitrogens with zero attached hydrogens (tertiary/aromatic N) is 2. The fraction of sp³-hybridized carbons (Fsp3) is 0.0909. The summed E-state index contributed by atoms with van der Waals surface area (Å²) >= 11 is 0. The number of aromatic hydroxyl groups is 1. The lowest BCUT2D eigenvalue weighted by molar-refractivity contribution is 0.394. The second kappa shape index (κ2) is 4.06. The van der Waals surface area contributed by atoms with Crippen molar-refractivity contribution in [1.82, 2.24) is 10.2 Å². The van der Waals surface area contributed by atoms with Crippen LogP contribution in [0.15, 0.2) is 30.5 Å². The Morgan fingerprint density at radius 1 is 1.38 bits per heavy atom. The first-order valence-electron chi connectivity index (χ1n) is 4.67. The number of nitrogen functional groups attached to an aromatic ring is 1. The largest absolute Gasteiger partial charge is 0.508 e. The first-order chi connectivity index (χ1) is 7.72. The lowest BCUT2D eigenvalue weighted by Gasteiger charge is -2.07. The van der Waals surface area contributed by atoms with Gasteiger partial charge in [-0.05, 0) is 17.7 Å². The number of methoxy groups -OCH3 is 1. The second-order valence-electron chi connectivity index (χ2n) is 3.23. The molecule has 3 N–H and O–H groups in total.